The number of rotatable bonds is 10. The van der Waals surface area contributed by atoms with Crippen LogP contribution < -0.4 is 5.32 Å². The Morgan fingerprint density at radius 2 is 2.19 bits per heavy atom. The second-order valence-corrected chi connectivity index (χ2v) is 7.30. The highest BCUT2D eigenvalue weighted by Gasteiger charge is 2.27. The van der Waals surface area contributed by atoms with Crippen LogP contribution in [0.5, 0.6) is 0 Å². The number of ether oxygens (including phenoxy) is 1. The molecule has 1 aliphatic rings. The van der Waals surface area contributed by atoms with Gasteiger partial charge in [-0.25, -0.2) is 4.79 Å². The third-order valence-corrected chi connectivity index (χ3v) is 4.72. The average Bonchev–Trinajstić information content (AvgIpc) is 3.32. The number of unbranched alkanes of at least 4 members (excludes halogenated alkanes) is 1. The van der Waals surface area contributed by atoms with Crippen molar-refractivity contribution < 1.29 is 18.7 Å². The maximum atomic E-state index is 13.0. The third-order valence-electron chi connectivity index (χ3n) is 4.72. The van der Waals surface area contributed by atoms with E-state index in [1.165, 1.54) is 0 Å². The van der Waals surface area contributed by atoms with Crippen LogP contribution in [0, 0.1) is 0 Å². The van der Waals surface area contributed by atoms with Crippen molar-refractivity contribution in [2.45, 2.75) is 65.1 Å². The maximum absolute atomic E-state index is 13.0. The van der Waals surface area contributed by atoms with E-state index in [1.54, 1.807) is 16.1 Å². The zero-order chi connectivity index (χ0) is 19.6. The molecule has 0 bridgehead atoms. The topological polar surface area (TPSA) is 75.0 Å². The number of furan rings is 1. The molecule has 0 aliphatic carbocycles. The summed E-state index contributed by atoms with van der Waals surface area (Å²) in [6.07, 6.45) is 5.56. The van der Waals surface area contributed by atoms with Gasteiger partial charge in [0.1, 0.15) is 12.3 Å². The highest BCUT2D eigenvalue weighted by Crippen LogP contribution is 2.16. The highest BCUT2D eigenvalue weighted by atomic mass is 16.5. The molecule has 27 heavy (non-hydrogen) atoms. The van der Waals surface area contributed by atoms with Gasteiger partial charge in [0.15, 0.2) is 0 Å². The van der Waals surface area contributed by atoms with Gasteiger partial charge >= 0.3 is 6.03 Å². The molecule has 0 aromatic carbocycles. The van der Waals surface area contributed by atoms with Gasteiger partial charge in [-0.1, -0.05) is 13.3 Å². The molecular weight excluding hydrogens is 346 g/mol. The largest absolute Gasteiger partial charge is 0.467 e. The van der Waals surface area contributed by atoms with Crippen LogP contribution in [0.4, 0.5) is 4.79 Å². The molecule has 1 aromatic heterocycles. The van der Waals surface area contributed by atoms with Crippen LogP contribution in [0.1, 0.15) is 52.2 Å². The minimum absolute atomic E-state index is 0.0447. The van der Waals surface area contributed by atoms with Crippen LogP contribution in [-0.4, -0.2) is 60.1 Å². The third kappa shape index (κ3) is 6.90. The van der Waals surface area contributed by atoms with Crippen molar-refractivity contribution in [2.75, 3.05) is 26.2 Å². The smallest absolute Gasteiger partial charge is 0.318 e. The molecule has 0 saturated carbocycles. The summed E-state index contributed by atoms with van der Waals surface area (Å²) in [5, 5.41) is 2.90. The van der Waals surface area contributed by atoms with E-state index < -0.39 is 0 Å². The van der Waals surface area contributed by atoms with Gasteiger partial charge in [-0.2, -0.15) is 0 Å². The number of amides is 3. The van der Waals surface area contributed by atoms with Crippen molar-refractivity contribution in [2.24, 2.45) is 0 Å². The quantitative estimate of drug-likeness (QED) is 0.634. The summed E-state index contributed by atoms with van der Waals surface area (Å²) in [7, 11) is 0. The summed E-state index contributed by atoms with van der Waals surface area (Å²) in [6.45, 7) is 8.23. The molecule has 3 amide bonds. The molecule has 1 saturated heterocycles. The van der Waals surface area contributed by atoms with E-state index in [2.05, 4.69) is 12.2 Å². The second kappa shape index (κ2) is 11.0. The van der Waals surface area contributed by atoms with Gasteiger partial charge < -0.3 is 24.3 Å². The zero-order valence-corrected chi connectivity index (χ0v) is 16.8. The molecule has 2 rings (SSSR count). The second-order valence-electron chi connectivity index (χ2n) is 7.30. The van der Waals surface area contributed by atoms with Crippen LogP contribution >= 0.6 is 0 Å². The maximum Gasteiger partial charge on any atom is 0.318 e. The van der Waals surface area contributed by atoms with Crippen LogP contribution in [0.3, 0.4) is 0 Å². The number of hydrogen-bond acceptors (Lipinski definition) is 4. The molecule has 1 fully saturated rings. The molecule has 152 valence electrons. The van der Waals surface area contributed by atoms with Crippen molar-refractivity contribution in [1.29, 1.82) is 0 Å². The minimum atomic E-state index is -0.193. The van der Waals surface area contributed by atoms with E-state index >= 15 is 0 Å². The van der Waals surface area contributed by atoms with Crippen LogP contribution in [-0.2, 0) is 16.1 Å². The lowest BCUT2D eigenvalue weighted by Crippen LogP contribution is -2.50. The first-order valence-electron chi connectivity index (χ1n) is 9.97. The van der Waals surface area contributed by atoms with E-state index in [0.29, 0.717) is 19.6 Å². The first kappa shape index (κ1) is 21.3. The predicted molar refractivity (Wildman–Crippen MR) is 103 cm³/mol. The standard InChI is InChI=1S/C20H33N3O4/c1-4-5-10-21-20(25)23(16(2)3)15-19(24)22(13-17-8-6-11-26-17)14-18-9-7-12-27-18/h6,8,11,16,18H,4-5,7,9-10,12-15H2,1-3H3,(H,21,25). The molecule has 0 spiro atoms. The summed E-state index contributed by atoms with van der Waals surface area (Å²) in [5.74, 6) is 0.631. The first-order valence-corrected chi connectivity index (χ1v) is 9.97. The Morgan fingerprint density at radius 3 is 2.78 bits per heavy atom. The Morgan fingerprint density at radius 1 is 1.37 bits per heavy atom. The Balaban J connectivity index is 2.00. The molecule has 1 aliphatic heterocycles. The monoisotopic (exact) mass is 379 g/mol. The van der Waals surface area contributed by atoms with Gasteiger partial charge in [-0.3, -0.25) is 4.79 Å². The molecule has 7 heteroatoms. The van der Waals surface area contributed by atoms with Gasteiger partial charge in [-0.05, 0) is 45.2 Å². The van der Waals surface area contributed by atoms with Crippen molar-refractivity contribution in [1.82, 2.24) is 15.1 Å². The normalized spacial score (nSPS) is 16.5. The average molecular weight is 380 g/mol. The highest BCUT2D eigenvalue weighted by molar-refractivity contribution is 5.84. The molecule has 7 nitrogen and oxygen atoms in total. The summed E-state index contributed by atoms with van der Waals surface area (Å²) in [6, 6.07) is 3.41. The molecule has 2 heterocycles. The van der Waals surface area contributed by atoms with Gasteiger partial charge in [0.25, 0.3) is 0 Å². The van der Waals surface area contributed by atoms with Crippen LogP contribution in [0.15, 0.2) is 22.8 Å². The number of nitrogens with one attached hydrogen (secondary N) is 1. The minimum Gasteiger partial charge on any atom is -0.467 e. The van der Waals surface area contributed by atoms with Crippen molar-refractivity contribution >= 4 is 11.9 Å². The van der Waals surface area contributed by atoms with Crippen LogP contribution in [0.25, 0.3) is 0 Å². The molecule has 0 radical (unpaired) electrons. The van der Waals surface area contributed by atoms with Gasteiger partial charge in [0.2, 0.25) is 5.91 Å². The van der Waals surface area contributed by atoms with E-state index in [0.717, 1.165) is 38.1 Å². The Kier molecular flexibility index (Phi) is 8.64. The van der Waals surface area contributed by atoms with Crippen molar-refractivity contribution in [3.63, 3.8) is 0 Å². The lowest BCUT2D eigenvalue weighted by atomic mass is 10.2. The molecule has 1 N–H and O–H groups in total. The van der Waals surface area contributed by atoms with E-state index in [-0.39, 0.29) is 30.6 Å². The fourth-order valence-electron chi connectivity index (χ4n) is 3.09. The van der Waals surface area contributed by atoms with Crippen LogP contribution in [0.2, 0.25) is 0 Å². The lowest BCUT2D eigenvalue weighted by Gasteiger charge is -2.30. The number of carbonyl (C=O) groups is 2. The number of urea groups is 1. The summed E-state index contributed by atoms with van der Waals surface area (Å²) in [5.41, 5.74) is 0. The lowest BCUT2D eigenvalue weighted by molar-refractivity contribution is -0.134. The van der Waals surface area contributed by atoms with E-state index in [9.17, 15) is 9.59 Å². The fraction of sp³-hybridized carbons (Fsp3) is 0.700. The summed E-state index contributed by atoms with van der Waals surface area (Å²) >= 11 is 0. The van der Waals surface area contributed by atoms with Gasteiger partial charge in [0, 0.05) is 25.7 Å². The van der Waals surface area contributed by atoms with Crippen molar-refractivity contribution in [3.05, 3.63) is 24.2 Å². The number of nitrogens with zero attached hydrogens (tertiary/aromatic N) is 2. The molecule has 1 aromatic rings. The molecule has 1 atom stereocenters. The first-order chi connectivity index (χ1) is 13.0. The molecule has 1 unspecified atom stereocenters. The van der Waals surface area contributed by atoms with E-state index in [1.807, 2.05) is 26.0 Å². The fourth-order valence-corrected chi connectivity index (χ4v) is 3.09. The SMILES string of the molecule is CCCCNC(=O)N(CC(=O)N(Cc1ccco1)CC1CCCO1)C(C)C. The molecular formula is C20H33N3O4. The van der Waals surface area contributed by atoms with Gasteiger partial charge in [-0.15, -0.1) is 0 Å². The van der Waals surface area contributed by atoms with Gasteiger partial charge in [0.05, 0.1) is 18.9 Å². The summed E-state index contributed by atoms with van der Waals surface area (Å²) in [4.78, 5) is 28.8. The summed E-state index contributed by atoms with van der Waals surface area (Å²) < 4.78 is 11.1. The zero-order valence-electron chi connectivity index (χ0n) is 16.8. The predicted octanol–water partition coefficient (Wildman–Crippen LogP) is 3.01. The Hall–Kier alpha value is -2.02. The van der Waals surface area contributed by atoms with Crippen molar-refractivity contribution in [3.8, 4) is 0 Å². The van der Waals surface area contributed by atoms with E-state index in [4.69, 9.17) is 9.15 Å². The Labute approximate surface area is 162 Å². The number of hydrogen-bond donors (Lipinski definition) is 1. The Bertz CT molecular complexity index is 568. The number of carbonyl (C=O) groups excluding carboxylic acids is 2.